The van der Waals surface area contributed by atoms with Crippen LogP contribution in [0.15, 0.2) is 12.1 Å². The molecule has 0 saturated heterocycles. The van der Waals surface area contributed by atoms with E-state index in [9.17, 15) is 9.59 Å². The predicted molar refractivity (Wildman–Crippen MR) is 57.3 cm³/mol. The topological polar surface area (TPSA) is 67.2 Å². The zero-order valence-corrected chi connectivity index (χ0v) is 9.11. The van der Waals surface area contributed by atoms with E-state index >= 15 is 0 Å². The lowest BCUT2D eigenvalue weighted by molar-refractivity contribution is 0.0598. The second-order valence-electron chi connectivity index (χ2n) is 3.18. The van der Waals surface area contributed by atoms with Crippen molar-refractivity contribution in [2.45, 2.75) is 13.3 Å². The Morgan fingerprint density at radius 1 is 1.56 bits per heavy atom. The fraction of sp³-hybridized carbons (Fsp3) is 0.250. The van der Waals surface area contributed by atoms with Crippen LogP contribution in [0.2, 0.25) is 0 Å². The molecule has 0 heterocycles. The van der Waals surface area contributed by atoms with Crippen LogP contribution in [0.25, 0.3) is 0 Å². The third-order valence-corrected chi connectivity index (χ3v) is 2.29. The van der Waals surface area contributed by atoms with Gasteiger partial charge in [0.05, 0.1) is 24.3 Å². The Bertz CT molecular complexity index is 472. The molecule has 0 fully saturated rings. The van der Waals surface area contributed by atoms with Crippen molar-refractivity contribution >= 4 is 12.3 Å². The second-order valence-corrected chi connectivity index (χ2v) is 3.18. The molecule has 0 bridgehead atoms. The molecular weight excluding hydrogens is 206 g/mol. The minimum absolute atomic E-state index is 0.0894. The van der Waals surface area contributed by atoms with E-state index in [0.717, 1.165) is 5.56 Å². The number of aryl methyl sites for hydroxylation is 1. The molecule has 0 spiro atoms. The molecule has 0 saturated carbocycles. The zero-order valence-electron chi connectivity index (χ0n) is 9.11. The summed E-state index contributed by atoms with van der Waals surface area (Å²) < 4.78 is 4.57. The normalized spacial score (nSPS) is 9.31. The van der Waals surface area contributed by atoms with Gasteiger partial charge in [-0.2, -0.15) is 5.26 Å². The molecule has 0 amide bonds. The second kappa shape index (κ2) is 5.08. The summed E-state index contributed by atoms with van der Waals surface area (Å²) in [6.07, 6.45) is 1.18. The summed E-state index contributed by atoms with van der Waals surface area (Å²) in [6, 6.07) is 5.09. The van der Waals surface area contributed by atoms with E-state index in [1.165, 1.54) is 7.11 Å². The number of ether oxygens (including phenoxy) is 1. The van der Waals surface area contributed by atoms with Crippen molar-refractivity contribution in [2.24, 2.45) is 0 Å². The fourth-order valence-electron chi connectivity index (χ4n) is 1.42. The van der Waals surface area contributed by atoms with Gasteiger partial charge in [0.1, 0.15) is 0 Å². The molecule has 0 aliphatic rings. The van der Waals surface area contributed by atoms with Crippen LogP contribution in [0, 0.1) is 11.3 Å². The molecule has 1 rings (SSSR count). The van der Waals surface area contributed by atoms with Crippen molar-refractivity contribution in [3.8, 4) is 6.07 Å². The first kappa shape index (κ1) is 11.9. The van der Waals surface area contributed by atoms with Gasteiger partial charge in [0.2, 0.25) is 0 Å². The van der Waals surface area contributed by atoms with Gasteiger partial charge in [0, 0.05) is 5.56 Å². The van der Waals surface area contributed by atoms with Crippen molar-refractivity contribution in [1.82, 2.24) is 0 Å². The van der Waals surface area contributed by atoms with Gasteiger partial charge >= 0.3 is 5.97 Å². The van der Waals surface area contributed by atoms with Crippen LogP contribution in [0.1, 0.15) is 38.8 Å². The molecule has 0 atom stereocenters. The van der Waals surface area contributed by atoms with Gasteiger partial charge in [-0.1, -0.05) is 6.92 Å². The number of hydrogen-bond acceptors (Lipinski definition) is 4. The van der Waals surface area contributed by atoms with Gasteiger partial charge in [-0.3, -0.25) is 4.79 Å². The monoisotopic (exact) mass is 217 g/mol. The van der Waals surface area contributed by atoms with E-state index in [1.54, 1.807) is 12.1 Å². The highest BCUT2D eigenvalue weighted by molar-refractivity contribution is 6.00. The minimum atomic E-state index is -0.603. The number of nitrogens with zero attached hydrogens (tertiary/aromatic N) is 1. The number of nitriles is 1. The number of aldehydes is 1. The number of carbonyl (C=O) groups excluding carboxylic acids is 2. The molecule has 0 aromatic heterocycles. The molecule has 0 N–H and O–H groups in total. The molecule has 0 aliphatic carbocycles. The number of methoxy groups -OCH3 is 1. The Morgan fingerprint density at radius 3 is 2.69 bits per heavy atom. The Hall–Kier alpha value is -2.15. The average molecular weight is 217 g/mol. The zero-order chi connectivity index (χ0) is 12.1. The molecule has 0 radical (unpaired) electrons. The van der Waals surface area contributed by atoms with Crippen molar-refractivity contribution in [3.63, 3.8) is 0 Å². The van der Waals surface area contributed by atoms with Crippen LogP contribution >= 0.6 is 0 Å². The molecule has 0 aliphatic heterocycles. The van der Waals surface area contributed by atoms with Crippen molar-refractivity contribution in [3.05, 3.63) is 34.4 Å². The molecule has 4 heteroatoms. The molecule has 1 aromatic rings. The van der Waals surface area contributed by atoms with Crippen LogP contribution in [0.5, 0.6) is 0 Å². The maximum absolute atomic E-state index is 11.4. The first-order chi connectivity index (χ1) is 7.67. The summed E-state index contributed by atoms with van der Waals surface area (Å²) >= 11 is 0. The van der Waals surface area contributed by atoms with Gasteiger partial charge in [0.25, 0.3) is 0 Å². The third kappa shape index (κ3) is 2.09. The van der Waals surface area contributed by atoms with E-state index in [0.29, 0.717) is 12.7 Å². The highest BCUT2D eigenvalue weighted by atomic mass is 16.5. The Morgan fingerprint density at radius 2 is 2.25 bits per heavy atom. The lowest BCUT2D eigenvalue weighted by Gasteiger charge is -2.07. The predicted octanol–water partition coefficient (Wildman–Crippen LogP) is 1.72. The SMILES string of the molecule is CCc1cc(C#N)c(C=O)c(C(=O)OC)c1. The summed E-state index contributed by atoms with van der Waals surface area (Å²) in [5, 5.41) is 8.89. The van der Waals surface area contributed by atoms with Gasteiger partial charge in [0.15, 0.2) is 6.29 Å². The van der Waals surface area contributed by atoms with Crippen LogP contribution in [0.3, 0.4) is 0 Å². The summed E-state index contributed by atoms with van der Waals surface area (Å²) in [7, 11) is 1.24. The van der Waals surface area contributed by atoms with Crippen molar-refractivity contribution in [2.75, 3.05) is 7.11 Å². The number of hydrogen-bond donors (Lipinski definition) is 0. The number of rotatable bonds is 3. The van der Waals surface area contributed by atoms with Gasteiger partial charge < -0.3 is 4.74 Å². The van der Waals surface area contributed by atoms with E-state index in [-0.39, 0.29) is 16.7 Å². The van der Waals surface area contributed by atoms with Crippen LogP contribution in [-0.2, 0) is 11.2 Å². The van der Waals surface area contributed by atoms with Gasteiger partial charge in [-0.15, -0.1) is 0 Å². The summed E-state index contributed by atoms with van der Waals surface area (Å²) in [5.74, 6) is -0.603. The molecule has 0 unspecified atom stereocenters. The first-order valence-corrected chi connectivity index (χ1v) is 4.78. The standard InChI is InChI=1S/C12H11NO3/c1-3-8-4-9(6-13)11(7-14)10(5-8)12(15)16-2/h4-5,7H,3H2,1-2H3. The Kier molecular flexibility index (Phi) is 3.78. The molecular formula is C12H11NO3. The summed E-state index contributed by atoms with van der Waals surface area (Å²) in [5.41, 5.74) is 1.26. The molecule has 1 aromatic carbocycles. The van der Waals surface area contributed by atoms with Crippen LogP contribution < -0.4 is 0 Å². The number of carbonyl (C=O) groups is 2. The minimum Gasteiger partial charge on any atom is -0.465 e. The van der Waals surface area contributed by atoms with Crippen LogP contribution in [-0.4, -0.2) is 19.4 Å². The summed E-state index contributed by atoms with van der Waals surface area (Å²) in [4.78, 5) is 22.3. The van der Waals surface area contributed by atoms with Crippen LogP contribution in [0.4, 0.5) is 0 Å². The largest absolute Gasteiger partial charge is 0.465 e. The molecule has 4 nitrogen and oxygen atoms in total. The Labute approximate surface area is 93.5 Å². The maximum Gasteiger partial charge on any atom is 0.338 e. The fourth-order valence-corrected chi connectivity index (χ4v) is 1.42. The van der Waals surface area contributed by atoms with E-state index in [1.807, 2.05) is 13.0 Å². The number of benzene rings is 1. The smallest absolute Gasteiger partial charge is 0.338 e. The van der Waals surface area contributed by atoms with Crippen molar-refractivity contribution in [1.29, 1.82) is 5.26 Å². The van der Waals surface area contributed by atoms with E-state index < -0.39 is 5.97 Å². The lowest BCUT2D eigenvalue weighted by Crippen LogP contribution is -2.08. The van der Waals surface area contributed by atoms with Gasteiger partial charge in [-0.05, 0) is 24.1 Å². The van der Waals surface area contributed by atoms with E-state index in [4.69, 9.17) is 5.26 Å². The quantitative estimate of drug-likeness (QED) is 0.571. The average Bonchev–Trinajstić information content (AvgIpc) is 2.35. The lowest BCUT2D eigenvalue weighted by atomic mass is 9.98. The van der Waals surface area contributed by atoms with Gasteiger partial charge in [-0.25, -0.2) is 4.79 Å². The molecule has 82 valence electrons. The van der Waals surface area contributed by atoms with Crippen molar-refractivity contribution < 1.29 is 14.3 Å². The Balaban J connectivity index is 3.50. The number of esters is 1. The van der Waals surface area contributed by atoms with E-state index in [2.05, 4.69) is 4.74 Å². The maximum atomic E-state index is 11.4. The highest BCUT2D eigenvalue weighted by Gasteiger charge is 2.16. The first-order valence-electron chi connectivity index (χ1n) is 4.78. The highest BCUT2D eigenvalue weighted by Crippen LogP contribution is 2.17. The third-order valence-electron chi connectivity index (χ3n) is 2.29. The summed E-state index contributed by atoms with van der Waals surface area (Å²) in [6.45, 7) is 1.90. The molecule has 16 heavy (non-hydrogen) atoms.